The van der Waals surface area contributed by atoms with E-state index in [1.807, 2.05) is 34.6 Å². The monoisotopic (exact) mass is 378 g/mol. The molecule has 0 unspecified atom stereocenters. The molecule has 9 heteroatoms. The van der Waals surface area contributed by atoms with Crippen LogP contribution < -0.4 is 11.5 Å². The molecule has 0 aliphatic carbocycles. The van der Waals surface area contributed by atoms with Gasteiger partial charge in [-0.05, 0) is 33.6 Å². The fourth-order valence-corrected chi connectivity index (χ4v) is 2.89. The Morgan fingerprint density at radius 2 is 1.89 bits per heavy atom. The maximum atomic E-state index is 12.2. The van der Waals surface area contributed by atoms with E-state index in [0.29, 0.717) is 25.9 Å². The van der Waals surface area contributed by atoms with Crippen molar-refractivity contribution in [3.8, 4) is 6.07 Å². The predicted molar refractivity (Wildman–Crippen MR) is 102 cm³/mol. The van der Waals surface area contributed by atoms with Crippen LogP contribution in [0.4, 0.5) is 10.6 Å². The van der Waals surface area contributed by atoms with Gasteiger partial charge in [0.2, 0.25) is 0 Å². The first-order chi connectivity index (χ1) is 12.6. The van der Waals surface area contributed by atoms with Gasteiger partial charge in [0.15, 0.2) is 5.82 Å². The van der Waals surface area contributed by atoms with E-state index < -0.39 is 17.0 Å². The first-order valence-electron chi connectivity index (χ1n) is 9.08. The van der Waals surface area contributed by atoms with Crippen molar-refractivity contribution in [2.75, 3.05) is 18.8 Å². The Kier molecular flexibility index (Phi) is 7.22. The summed E-state index contributed by atoms with van der Waals surface area (Å²) in [5, 5.41) is 13.4. The first kappa shape index (κ1) is 22.3. The Labute approximate surface area is 160 Å². The number of nitrogen functional groups attached to an aromatic ring is 1. The third-order valence-corrected chi connectivity index (χ3v) is 4.25. The van der Waals surface area contributed by atoms with Gasteiger partial charge in [-0.15, -0.1) is 0 Å². The highest BCUT2D eigenvalue weighted by molar-refractivity contribution is 5.96. The van der Waals surface area contributed by atoms with Crippen molar-refractivity contribution < 1.29 is 14.3 Å². The van der Waals surface area contributed by atoms with Gasteiger partial charge in [0.1, 0.15) is 11.2 Å². The molecule has 1 aliphatic rings. The van der Waals surface area contributed by atoms with E-state index >= 15 is 0 Å². The second-order valence-corrected chi connectivity index (χ2v) is 7.26. The number of nitriles is 1. The molecule has 1 saturated heterocycles. The molecule has 0 aromatic carbocycles. The number of carbonyl (C=O) groups is 2. The van der Waals surface area contributed by atoms with Crippen molar-refractivity contribution in [2.24, 2.45) is 5.73 Å². The molecule has 0 spiro atoms. The largest absolute Gasteiger partial charge is 0.444 e. The summed E-state index contributed by atoms with van der Waals surface area (Å²) in [6.45, 7) is 10.3. The van der Waals surface area contributed by atoms with Crippen molar-refractivity contribution in [2.45, 2.75) is 65.0 Å². The average Bonchev–Trinajstić information content (AvgIpc) is 2.99. The van der Waals surface area contributed by atoms with Crippen LogP contribution in [0.1, 0.15) is 64.2 Å². The number of rotatable bonds is 3. The van der Waals surface area contributed by atoms with Gasteiger partial charge in [-0.2, -0.15) is 10.4 Å². The third-order valence-electron chi connectivity index (χ3n) is 4.25. The van der Waals surface area contributed by atoms with Crippen LogP contribution in [-0.2, 0) is 10.3 Å². The molecule has 0 atom stereocenters. The lowest BCUT2D eigenvalue weighted by molar-refractivity contribution is 0.0105. The summed E-state index contributed by atoms with van der Waals surface area (Å²) in [5.74, 6) is -0.624. The second-order valence-electron chi connectivity index (χ2n) is 7.26. The average molecular weight is 378 g/mol. The fraction of sp³-hybridized carbons (Fsp3) is 0.667. The quantitative estimate of drug-likeness (QED) is 0.826. The summed E-state index contributed by atoms with van der Waals surface area (Å²) in [4.78, 5) is 25.2. The van der Waals surface area contributed by atoms with Crippen molar-refractivity contribution in [3.05, 3.63) is 11.8 Å². The van der Waals surface area contributed by atoms with E-state index in [2.05, 4.69) is 11.2 Å². The van der Waals surface area contributed by atoms with Gasteiger partial charge >= 0.3 is 6.09 Å². The Hall–Kier alpha value is -2.76. The maximum Gasteiger partial charge on any atom is 0.410 e. The van der Waals surface area contributed by atoms with Crippen LogP contribution in [0.15, 0.2) is 6.20 Å². The number of piperidine rings is 1. The van der Waals surface area contributed by atoms with Crippen LogP contribution in [0.2, 0.25) is 0 Å². The summed E-state index contributed by atoms with van der Waals surface area (Å²) in [7, 11) is 0. The highest BCUT2D eigenvalue weighted by Gasteiger charge is 2.40. The predicted octanol–water partition coefficient (Wildman–Crippen LogP) is 2.23. The van der Waals surface area contributed by atoms with Crippen LogP contribution in [0, 0.1) is 11.3 Å². The number of nitrogens with two attached hydrogens (primary N) is 2. The van der Waals surface area contributed by atoms with E-state index in [4.69, 9.17) is 16.2 Å². The minimum atomic E-state index is -0.665. The zero-order chi connectivity index (χ0) is 20.8. The molecular formula is C18H30N6O3. The van der Waals surface area contributed by atoms with Crippen LogP contribution in [0.5, 0.6) is 0 Å². The Morgan fingerprint density at radius 3 is 2.30 bits per heavy atom. The van der Waals surface area contributed by atoms with Gasteiger partial charge in [-0.1, -0.05) is 13.8 Å². The molecule has 2 rings (SSSR count). The topological polar surface area (TPSA) is 140 Å². The van der Waals surface area contributed by atoms with Crippen molar-refractivity contribution in [1.29, 1.82) is 5.26 Å². The highest BCUT2D eigenvalue weighted by atomic mass is 16.6. The Morgan fingerprint density at radius 1 is 1.33 bits per heavy atom. The van der Waals surface area contributed by atoms with E-state index in [0.717, 1.165) is 0 Å². The highest BCUT2D eigenvalue weighted by Crippen LogP contribution is 2.34. The normalized spacial score (nSPS) is 15.9. The standard InChI is InChI=1S/C16H24N6O3.C2H6/c1-15(2,3)25-14(24)21-8-5-16(4-7-17,6-9-21)22-10-11(13(19)23)12(18)20-22;1-2/h10H,4-6,8-9H2,1-3H3,(H2,18,20)(H2,19,23);1-2H3. The molecule has 1 aromatic heterocycles. The van der Waals surface area contributed by atoms with Crippen molar-refractivity contribution in [1.82, 2.24) is 14.7 Å². The van der Waals surface area contributed by atoms with E-state index in [-0.39, 0.29) is 23.9 Å². The summed E-state index contributed by atoms with van der Waals surface area (Å²) in [6.07, 6.45) is 2.29. The summed E-state index contributed by atoms with van der Waals surface area (Å²) < 4.78 is 6.94. The Balaban J connectivity index is 0.00000176. The maximum absolute atomic E-state index is 12.2. The van der Waals surface area contributed by atoms with Crippen LogP contribution in [0.25, 0.3) is 0 Å². The molecule has 0 bridgehead atoms. The molecule has 1 aliphatic heterocycles. The van der Waals surface area contributed by atoms with Gasteiger partial charge in [0.25, 0.3) is 5.91 Å². The minimum Gasteiger partial charge on any atom is -0.444 e. The lowest BCUT2D eigenvalue weighted by atomic mass is 9.85. The zero-order valence-electron chi connectivity index (χ0n) is 16.8. The van der Waals surface area contributed by atoms with Gasteiger partial charge < -0.3 is 21.1 Å². The summed E-state index contributed by atoms with van der Waals surface area (Å²) in [5.41, 5.74) is 9.97. The summed E-state index contributed by atoms with van der Waals surface area (Å²) in [6, 6.07) is 2.16. The number of carbonyl (C=O) groups excluding carboxylic acids is 2. The van der Waals surface area contributed by atoms with E-state index in [1.165, 1.54) is 6.20 Å². The molecule has 2 amide bonds. The van der Waals surface area contributed by atoms with Crippen LogP contribution >= 0.6 is 0 Å². The molecular weight excluding hydrogens is 348 g/mol. The van der Waals surface area contributed by atoms with E-state index in [9.17, 15) is 14.9 Å². The molecule has 0 saturated carbocycles. The molecule has 0 radical (unpaired) electrons. The number of hydrogen-bond donors (Lipinski definition) is 2. The molecule has 1 fully saturated rings. The van der Waals surface area contributed by atoms with Gasteiger partial charge in [-0.25, -0.2) is 4.79 Å². The second kappa shape index (κ2) is 8.75. The number of ether oxygens (including phenoxy) is 1. The van der Waals surface area contributed by atoms with Crippen molar-refractivity contribution in [3.63, 3.8) is 0 Å². The zero-order valence-corrected chi connectivity index (χ0v) is 16.8. The lowest BCUT2D eigenvalue weighted by Crippen LogP contribution is -2.49. The molecule has 4 N–H and O–H groups in total. The summed E-state index contributed by atoms with van der Waals surface area (Å²) >= 11 is 0. The van der Waals surface area contributed by atoms with Gasteiger partial charge in [0.05, 0.1) is 18.0 Å². The van der Waals surface area contributed by atoms with Crippen molar-refractivity contribution >= 4 is 17.8 Å². The fourth-order valence-electron chi connectivity index (χ4n) is 2.89. The molecule has 27 heavy (non-hydrogen) atoms. The number of primary amides is 1. The molecule has 9 nitrogen and oxygen atoms in total. The lowest BCUT2D eigenvalue weighted by Gasteiger charge is -2.40. The smallest absolute Gasteiger partial charge is 0.410 e. The Bertz CT molecular complexity index is 706. The number of hydrogen-bond acceptors (Lipinski definition) is 6. The van der Waals surface area contributed by atoms with Gasteiger partial charge in [-0.3, -0.25) is 9.48 Å². The van der Waals surface area contributed by atoms with Crippen LogP contribution in [0.3, 0.4) is 0 Å². The van der Waals surface area contributed by atoms with E-state index in [1.54, 1.807) is 9.58 Å². The molecule has 1 aromatic rings. The molecule has 2 heterocycles. The number of aromatic nitrogens is 2. The first-order valence-corrected chi connectivity index (χ1v) is 9.08. The third kappa shape index (κ3) is 5.36. The molecule has 150 valence electrons. The number of nitrogens with zero attached hydrogens (tertiary/aromatic N) is 4. The number of likely N-dealkylation sites (tertiary alicyclic amines) is 1. The minimum absolute atomic E-state index is 0.0411. The SMILES string of the molecule is CC.CC(C)(C)OC(=O)N1CCC(CC#N)(n2cc(C(N)=O)c(N)n2)CC1. The number of anilines is 1. The van der Waals surface area contributed by atoms with Gasteiger partial charge in [0, 0.05) is 19.3 Å². The van der Waals surface area contributed by atoms with Crippen LogP contribution in [-0.4, -0.2) is 45.4 Å². The number of amides is 2.